The van der Waals surface area contributed by atoms with E-state index in [1.165, 1.54) is 44.9 Å². The summed E-state index contributed by atoms with van der Waals surface area (Å²) in [6.45, 7) is 1.43. The Bertz CT molecular complexity index is 159. The normalized spacial score (nSPS) is 27.5. The molecule has 0 aromatic rings. The van der Waals surface area contributed by atoms with E-state index in [-0.39, 0.29) is 5.41 Å². The van der Waals surface area contributed by atoms with Gasteiger partial charge in [0.2, 0.25) is 0 Å². The Labute approximate surface area is 80.7 Å². The molecular weight excluding hydrogens is 162 g/mol. The summed E-state index contributed by atoms with van der Waals surface area (Å²) in [6.07, 6.45) is 9.17. The maximum atomic E-state index is 9.38. The molecule has 0 aromatic heterocycles. The smallest absolute Gasteiger partial charge is 0.0499 e. The van der Waals surface area contributed by atoms with E-state index >= 15 is 0 Å². The molecule has 0 atom stereocenters. The Morgan fingerprint density at radius 2 is 1.85 bits per heavy atom. The van der Waals surface area contributed by atoms with Gasteiger partial charge in [-0.05, 0) is 25.7 Å². The molecule has 0 bridgehead atoms. The number of nitrogens with one attached hydrogen (secondary N) is 1. The fourth-order valence-corrected chi connectivity index (χ4v) is 2.49. The molecule has 0 unspecified atom stereocenters. The van der Waals surface area contributed by atoms with Gasteiger partial charge in [-0.15, -0.1) is 0 Å². The van der Waals surface area contributed by atoms with E-state index < -0.39 is 0 Å². The molecular formula is C11H21NO. The highest BCUT2D eigenvalue weighted by molar-refractivity contribution is 4.88. The highest BCUT2D eigenvalue weighted by atomic mass is 16.3. The van der Waals surface area contributed by atoms with Crippen molar-refractivity contribution in [2.75, 3.05) is 13.2 Å². The lowest BCUT2D eigenvalue weighted by atomic mass is 9.85. The van der Waals surface area contributed by atoms with Crippen molar-refractivity contribution >= 4 is 0 Å². The third-order valence-corrected chi connectivity index (χ3v) is 3.87. The number of aliphatic hydroxyl groups is 1. The highest BCUT2D eigenvalue weighted by Crippen LogP contribution is 2.37. The summed E-state index contributed by atoms with van der Waals surface area (Å²) in [4.78, 5) is 0. The van der Waals surface area contributed by atoms with Crippen LogP contribution >= 0.6 is 0 Å². The minimum Gasteiger partial charge on any atom is -0.396 e. The van der Waals surface area contributed by atoms with Crippen LogP contribution in [0.15, 0.2) is 0 Å². The number of hydrogen-bond acceptors (Lipinski definition) is 2. The van der Waals surface area contributed by atoms with Crippen LogP contribution in [0, 0.1) is 5.41 Å². The van der Waals surface area contributed by atoms with Crippen molar-refractivity contribution in [1.29, 1.82) is 0 Å². The molecule has 0 aromatic carbocycles. The van der Waals surface area contributed by atoms with Crippen LogP contribution in [0.3, 0.4) is 0 Å². The maximum Gasteiger partial charge on any atom is 0.0499 e. The van der Waals surface area contributed by atoms with Crippen LogP contribution in [0.2, 0.25) is 0 Å². The predicted molar refractivity (Wildman–Crippen MR) is 53.6 cm³/mol. The van der Waals surface area contributed by atoms with Gasteiger partial charge >= 0.3 is 0 Å². The van der Waals surface area contributed by atoms with Gasteiger partial charge in [0.25, 0.3) is 0 Å². The first-order chi connectivity index (χ1) is 6.35. The molecule has 2 nitrogen and oxygen atoms in total. The van der Waals surface area contributed by atoms with E-state index in [1.54, 1.807) is 0 Å². The van der Waals surface area contributed by atoms with Gasteiger partial charge in [0.15, 0.2) is 0 Å². The lowest BCUT2D eigenvalue weighted by molar-refractivity contribution is 0.119. The van der Waals surface area contributed by atoms with Crippen molar-refractivity contribution in [2.24, 2.45) is 5.41 Å². The van der Waals surface area contributed by atoms with Crippen LogP contribution < -0.4 is 5.32 Å². The van der Waals surface area contributed by atoms with Crippen molar-refractivity contribution in [1.82, 2.24) is 5.32 Å². The molecule has 0 amide bonds. The van der Waals surface area contributed by atoms with Crippen molar-refractivity contribution in [3.05, 3.63) is 0 Å². The second kappa shape index (κ2) is 3.97. The highest BCUT2D eigenvalue weighted by Gasteiger charge is 2.33. The fourth-order valence-electron chi connectivity index (χ4n) is 2.49. The van der Waals surface area contributed by atoms with Gasteiger partial charge in [-0.25, -0.2) is 0 Å². The summed E-state index contributed by atoms with van der Waals surface area (Å²) in [5.74, 6) is 0. The Morgan fingerprint density at radius 1 is 1.15 bits per heavy atom. The SMILES string of the molecule is OCC1(CNC2CCC2)CCCC1. The molecule has 2 aliphatic rings. The quantitative estimate of drug-likeness (QED) is 0.695. The molecule has 76 valence electrons. The average Bonchev–Trinajstić information content (AvgIpc) is 2.51. The topological polar surface area (TPSA) is 32.3 Å². The van der Waals surface area contributed by atoms with Gasteiger partial charge in [-0.2, -0.15) is 0 Å². The van der Waals surface area contributed by atoms with E-state index in [2.05, 4.69) is 5.32 Å². The largest absolute Gasteiger partial charge is 0.396 e. The molecule has 2 N–H and O–H groups in total. The summed E-state index contributed by atoms with van der Waals surface area (Å²) in [5, 5.41) is 13.0. The first-order valence-electron chi connectivity index (χ1n) is 5.69. The van der Waals surface area contributed by atoms with Crippen molar-refractivity contribution in [2.45, 2.75) is 51.0 Å². The number of rotatable bonds is 4. The van der Waals surface area contributed by atoms with Crippen molar-refractivity contribution in [3.63, 3.8) is 0 Å². The minimum absolute atomic E-state index is 0.246. The van der Waals surface area contributed by atoms with E-state index in [9.17, 15) is 5.11 Å². The molecule has 0 spiro atoms. The monoisotopic (exact) mass is 183 g/mol. The number of hydrogen-bond donors (Lipinski definition) is 2. The van der Waals surface area contributed by atoms with E-state index in [0.717, 1.165) is 12.6 Å². The van der Waals surface area contributed by atoms with Gasteiger partial charge in [0.1, 0.15) is 0 Å². The molecule has 2 saturated carbocycles. The van der Waals surface area contributed by atoms with Gasteiger partial charge < -0.3 is 10.4 Å². The lowest BCUT2D eigenvalue weighted by Crippen LogP contribution is -2.43. The Balaban J connectivity index is 1.75. The van der Waals surface area contributed by atoms with Crippen LogP contribution in [-0.4, -0.2) is 24.3 Å². The van der Waals surface area contributed by atoms with Gasteiger partial charge in [-0.1, -0.05) is 19.3 Å². The standard InChI is InChI=1S/C11H21NO/c13-9-11(6-1-2-7-11)8-12-10-4-3-5-10/h10,12-13H,1-9H2. The van der Waals surface area contributed by atoms with Crippen molar-refractivity contribution < 1.29 is 5.11 Å². The van der Waals surface area contributed by atoms with Crippen LogP contribution in [0.4, 0.5) is 0 Å². The van der Waals surface area contributed by atoms with Gasteiger partial charge in [0.05, 0.1) is 0 Å². The molecule has 2 fully saturated rings. The van der Waals surface area contributed by atoms with Crippen LogP contribution in [0.5, 0.6) is 0 Å². The minimum atomic E-state index is 0.246. The molecule has 2 aliphatic carbocycles. The Kier molecular flexibility index (Phi) is 2.89. The van der Waals surface area contributed by atoms with Gasteiger partial charge in [0, 0.05) is 24.6 Å². The molecule has 13 heavy (non-hydrogen) atoms. The predicted octanol–water partition coefficient (Wildman–Crippen LogP) is 1.68. The summed E-state index contributed by atoms with van der Waals surface area (Å²) in [6, 6.07) is 0.768. The summed E-state index contributed by atoms with van der Waals surface area (Å²) in [5.41, 5.74) is 0.246. The second-order valence-electron chi connectivity index (χ2n) is 4.87. The molecule has 0 saturated heterocycles. The van der Waals surface area contributed by atoms with Crippen LogP contribution in [-0.2, 0) is 0 Å². The molecule has 0 heterocycles. The lowest BCUT2D eigenvalue weighted by Gasteiger charge is -2.33. The molecule has 2 rings (SSSR count). The zero-order chi connectivity index (χ0) is 9.15. The Morgan fingerprint density at radius 3 is 2.31 bits per heavy atom. The first-order valence-corrected chi connectivity index (χ1v) is 5.69. The van der Waals surface area contributed by atoms with Crippen LogP contribution in [0.1, 0.15) is 44.9 Å². The summed E-state index contributed by atoms with van der Waals surface area (Å²) in [7, 11) is 0. The van der Waals surface area contributed by atoms with Crippen molar-refractivity contribution in [3.8, 4) is 0 Å². The van der Waals surface area contributed by atoms with E-state index in [0.29, 0.717) is 6.61 Å². The Hall–Kier alpha value is -0.0800. The van der Waals surface area contributed by atoms with E-state index in [4.69, 9.17) is 0 Å². The summed E-state index contributed by atoms with van der Waals surface area (Å²) < 4.78 is 0. The maximum absolute atomic E-state index is 9.38. The average molecular weight is 183 g/mol. The fraction of sp³-hybridized carbons (Fsp3) is 1.00. The zero-order valence-corrected chi connectivity index (χ0v) is 8.39. The van der Waals surface area contributed by atoms with Crippen LogP contribution in [0.25, 0.3) is 0 Å². The number of aliphatic hydroxyl groups excluding tert-OH is 1. The van der Waals surface area contributed by atoms with E-state index in [1.807, 2.05) is 0 Å². The third kappa shape index (κ3) is 2.05. The summed E-state index contributed by atoms with van der Waals surface area (Å²) >= 11 is 0. The molecule has 0 radical (unpaired) electrons. The molecule has 2 heteroatoms. The molecule has 0 aliphatic heterocycles. The second-order valence-corrected chi connectivity index (χ2v) is 4.87. The zero-order valence-electron chi connectivity index (χ0n) is 8.39. The first kappa shape index (κ1) is 9.47. The van der Waals surface area contributed by atoms with Gasteiger partial charge in [-0.3, -0.25) is 0 Å². The third-order valence-electron chi connectivity index (χ3n) is 3.87.